The number of halogens is 2. The molecule has 0 spiro atoms. The van der Waals surface area contributed by atoms with Crippen molar-refractivity contribution in [3.8, 4) is 0 Å². The maximum atomic E-state index is 12.0. The molecule has 1 aliphatic carbocycles. The van der Waals surface area contributed by atoms with Crippen molar-refractivity contribution in [2.75, 3.05) is 11.9 Å². The van der Waals surface area contributed by atoms with E-state index in [0.717, 1.165) is 21.2 Å². The average molecular weight is 381 g/mol. The Hall–Kier alpha value is 0.130. The second kappa shape index (κ2) is 5.85. The van der Waals surface area contributed by atoms with Crippen molar-refractivity contribution >= 4 is 49.1 Å². The molecule has 1 aliphatic rings. The Kier molecular flexibility index (Phi) is 4.66. The number of carbonyl (C=O) groups is 1. The van der Waals surface area contributed by atoms with Crippen LogP contribution in [-0.2, 0) is 0 Å². The summed E-state index contributed by atoms with van der Waals surface area (Å²) in [5.74, 6) is 0.0408. The van der Waals surface area contributed by atoms with E-state index in [1.807, 2.05) is 11.4 Å². The first kappa shape index (κ1) is 13.6. The van der Waals surface area contributed by atoms with Crippen molar-refractivity contribution in [2.24, 2.45) is 5.41 Å². The van der Waals surface area contributed by atoms with Crippen LogP contribution in [0.25, 0.3) is 0 Å². The van der Waals surface area contributed by atoms with Gasteiger partial charge in [-0.15, -0.1) is 11.3 Å². The Morgan fingerprint density at radius 3 is 2.71 bits per heavy atom. The van der Waals surface area contributed by atoms with Crippen LogP contribution in [0.3, 0.4) is 0 Å². The zero-order valence-electron chi connectivity index (χ0n) is 9.47. The summed E-state index contributed by atoms with van der Waals surface area (Å²) >= 11 is 8.46. The molecule has 0 aliphatic heterocycles. The largest absolute Gasteiger partial charge is 0.351 e. The zero-order valence-corrected chi connectivity index (χ0v) is 13.5. The first-order valence-corrected chi connectivity index (χ1v) is 8.53. The number of hydrogen-bond donors (Lipinski definition) is 1. The fraction of sp³-hybridized carbons (Fsp3) is 0.583. The van der Waals surface area contributed by atoms with E-state index in [-0.39, 0.29) is 11.3 Å². The van der Waals surface area contributed by atoms with Crippen LogP contribution < -0.4 is 5.32 Å². The smallest absolute Gasteiger partial charge is 0.262 e. The van der Waals surface area contributed by atoms with Crippen LogP contribution >= 0.6 is 43.2 Å². The van der Waals surface area contributed by atoms with E-state index < -0.39 is 0 Å². The summed E-state index contributed by atoms with van der Waals surface area (Å²) in [6, 6.07) is 1.91. The minimum absolute atomic E-state index is 0.0408. The highest BCUT2D eigenvalue weighted by atomic mass is 79.9. The number of rotatable bonds is 4. The van der Waals surface area contributed by atoms with Crippen molar-refractivity contribution in [1.29, 1.82) is 0 Å². The number of thiophene rings is 1. The van der Waals surface area contributed by atoms with Crippen molar-refractivity contribution < 1.29 is 4.79 Å². The van der Waals surface area contributed by atoms with Crippen molar-refractivity contribution in [3.63, 3.8) is 0 Å². The van der Waals surface area contributed by atoms with Gasteiger partial charge in [-0.1, -0.05) is 28.8 Å². The maximum absolute atomic E-state index is 12.0. The molecule has 0 saturated heterocycles. The fourth-order valence-electron chi connectivity index (χ4n) is 2.29. The maximum Gasteiger partial charge on any atom is 0.262 e. The van der Waals surface area contributed by atoms with Gasteiger partial charge in [0.2, 0.25) is 0 Å². The molecule has 2 nitrogen and oxygen atoms in total. The zero-order chi connectivity index (χ0) is 12.3. The molecular weight excluding hydrogens is 366 g/mol. The third-order valence-electron chi connectivity index (χ3n) is 3.40. The Labute approximate surface area is 122 Å². The van der Waals surface area contributed by atoms with E-state index in [0.29, 0.717) is 0 Å². The molecule has 1 aromatic rings. The predicted octanol–water partition coefficient (Wildman–Crippen LogP) is 4.20. The van der Waals surface area contributed by atoms with Crippen molar-refractivity contribution in [2.45, 2.75) is 25.7 Å². The molecule has 1 N–H and O–H groups in total. The fourth-order valence-corrected chi connectivity index (χ4v) is 4.51. The van der Waals surface area contributed by atoms with Gasteiger partial charge in [0.1, 0.15) is 4.88 Å². The molecule has 0 bridgehead atoms. The van der Waals surface area contributed by atoms with E-state index >= 15 is 0 Å². The summed E-state index contributed by atoms with van der Waals surface area (Å²) < 4.78 is 0.888. The van der Waals surface area contributed by atoms with E-state index in [1.165, 1.54) is 37.0 Å². The number of hydrogen-bond acceptors (Lipinski definition) is 2. The lowest BCUT2D eigenvalue weighted by molar-refractivity contribution is 0.0939. The average Bonchev–Trinajstić information content (AvgIpc) is 2.95. The van der Waals surface area contributed by atoms with Gasteiger partial charge in [-0.25, -0.2) is 0 Å². The van der Waals surface area contributed by atoms with Crippen LogP contribution in [0.1, 0.15) is 35.4 Å². The lowest BCUT2D eigenvalue weighted by Crippen LogP contribution is -2.36. The van der Waals surface area contributed by atoms with Gasteiger partial charge < -0.3 is 5.32 Å². The van der Waals surface area contributed by atoms with E-state index in [9.17, 15) is 4.79 Å². The van der Waals surface area contributed by atoms with Crippen LogP contribution in [0.4, 0.5) is 0 Å². The minimum atomic E-state index is 0.0408. The highest BCUT2D eigenvalue weighted by Gasteiger charge is 2.33. The Bertz CT molecular complexity index is 399. The van der Waals surface area contributed by atoms with Crippen LogP contribution in [0.5, 0.6) is 0 Å². The summed E-state index contributed by atoms with van der Waals surface area (Å²) in [5.41, 5.74) is 0.277. The minimum Gasteiger partial charge on any atom is -0.351 e. The predicted molar refractivity (Wildman–Crippen MR) is 79.0 cm³/mol. The van der Waals surface area contributed by atoms with Gasteiger partial charge >= 0.3 is 0 Å². The van der Waals surface area contributed by atoms with Gasteiger partial charge in [-0.05, 0) is 45.6 Å². The molecule has 94 valence electrons. The highest BCUT2D eigenvalue weighted by Crippen LogP contribution is 2.39. The second-order valence-corrected chi connectivity index (χ2v) is 6.95. The molecule has 0 radical (unpaired) electrons. The first-order chi connectivity index (χ1) is 8.17. The second-order valence-electron chi connectivity index (χ2n) is 4.62. The molecule has 1 fully saturated rings. The van der Waals surface area contributed by atoms with Crippen LogP contribution in [-0.4, -0.2) is 17.8 Å². The number of carbonyl (C=O) groups excluding carboxylic acids is 1. The van der Waals surface area contributed by atoms with E-state index in [1.54, 1.807) is 0 Å². The normalized spacial score (nSPS) is 18.2. The van der Waals surface area contributed by atoms with Crippen molar-refractivity contribution in [1.82, 2.24) is 5.32 Å². The Morgan fingerprint density at radius 2 is 2.18 bits per heavy atom. The van der Waals surface area contributed by atoms with Gasteiger partial charge in [-0.2, -0.15) is 0 Å². The summed E-state index contributed by atoms with van der Waals surface area (Å²) in [6.45, 7) is 0.779. The molecule has 5 heteroatoms. The molecule has 17 heavy (non-hydrogen) atoms. The highest BCUT2D eigenvalue weighted by molar-refractivity contribution is 9.10. The third-order valence-corrected chi connectivity index (χ3v) is 6.42. The quantitative estimate of drug-likeness (QED) is 0.779. The monoisotopic (exact) mass is 379 g/mol. The SMILES string of the molecule is O=C(NCC1(CBr)CCCC1)c1sccc1Br. The molecule has 0 atom stereocenters. The molecule has 2 rings (SSSR count). The van der Waals surface area contributed by atoms with Gasteiger partial charge in [0.05, 0.1) is 0 Å². The number of nitrogens with one attached hydrogen (secondary N) is 1. The molecule has 1 aromatic heterocycles. The summed E-state index contributed by atoms with van der Waals surface area (Å²) in [4.78, 5) is 12.8. The van der Waals surface area contributed by atoms with Crippen molar-refractivity contribution in [3.05, 3.63) is 20.8 Å². The molecule has 1 amide bonds. The van der Waals surface area contributed by atoms with E-state index in [4.69, 9.17) is 0 Å². The van der Waals surface area contributed by atoms with Gasteiger partial charge in [-0.3, -0.25) is 4.79 Å². The van der Waals surface area contributed by atoms with Crippen LogP contribution in [0, 0.1) is 5.41 Å². The third kappa shape index (κ3) is 3.12. The van der Waals surface area contributed by atoms with Crippen LogP contribution in [0.2, 0.25) is 0 Å². The summed E-state index contributed by atoms with van der Waals surface area (Å²) in [5, 5.41) is 5.97. The number of amides is 1. The van der Waals surface area contributed by atoms with E-state index in [2.05, 4.69) is 37.2 Å². The summed E-state index contributed by atoms with van der Waals surface area (Å²) in [6.07, 6.45) is 4.99. The molecule has 1 heterocycles. The lowest BCUT2D eigenvalue weighted by Gasteiger charge is -2.26. The summed E-state index contributed by atoms with van der Waals surface area (Å²) in [7, 11) is 0. The standard InChI is InChI=1S/C12H15Br2NOS/c13-7-12(4-1-2-5-12)8-15-11(16)10-9(14)3-6-17-10/h3,6H,1-2,4-5,7-8H2,(H,15,16). The first-order valence-electron chi connectivity index (χ1n) is 5.74. The van der Waals surface area contributed by atoms with Gasteiger partial charge in [0.25, 0.3) is 5.91 Å². The van der Waals surface area contributed by atoms with Crippen LogP contribution in [0.15, 0.2) is 15.9 Å². The molecular formula is C12H15Br2NOS. The number of alkyl halides is 1. The topological polar surface area (TPSA) is 29.1 Å². The Morgan fingerprint density at radius 1 is 1.47 bits per heavy atom. The lowest BCUT2D eigenvalue weighted by atomic mass is 9.89. The molecule has 0 unspecified atom stereocenters. The van der Waals surface area contributed by atoms with Gasteiger partial charge in [0, 0.05) is 16.3 Å². The molecule has 1 saturated carbocycles. The molecule has 0 aromatic carbocycles. The Balaban J connectivity index is 1.94. The van der Waals surface area contributed by atoms with Gasteiger partial charge in [0.15, 0.2) is 0 Å².